The summed E-state index contributed by atoms with van der Waals surface area (Å²) in [7, 11) is 0. The lowest BCUT2D eigenvalue weighted by Gasteiger charge is -2.26. The van der Waals surface area contributed by atoms with Crippen LogP contribution in [0.15, 0.2) is 103 Å². The van der Waals surface area contributed by atoms with Gasteiger partial charge in [-0.3, -0.25) is 19.4 Å². The molecule has 5 heterocycles. The maximum atomic E-state index is 12.7. The van der Waals surface area contributed by atoms with Crippen molar-refractivity contribution < 1.29 is 19.1 Å². The van der Waals surface area contributed by atoms with Crippen molar-refractivity contribution in [2.75, 3.05) is 76.3 Å². The SMILES string of the molecule is O=C(CCN1CCOCC1)Nc1cccc(-c2cn(-c3ccc4cc5ccc(-n6cc(-c7cccc(NC(=O)CCN8CCOCC8)c7)nn6)cc5nc4c3)nn2)c1. The molecule has 15 heteroatoms. The fourth-order valence-corrected chi connectivity index (χ4v) is 7.26. The second-order valence-corrected chi connectivity index (χ2v) is 14.5. The molecule has 3 aromatic heterocycles. The summed E-state index contributed by atoms with van der Waals surface area (Å²) in [5.74, 6) is -0.0529. The zero-order chi connectivity index (χ0) is 39.3. The van der Waals surface area contributed by atoms with E-state index in [4.69, 9.17) is 14.5 Å². The molecule has 9 rings (SSSR count). The van der Waals surface area contributed by atoms with Gasteiger partial charge in [0, 0.05) is 85.4 Å². The maximum absolute atomic E-state index is 12.7. The average Bonchev–Trinajstić information content (AvgIpc) is 3.97. The topological polar surface area (TPSA) is 157 Å². The van der Waals surface area contributed by atoms with Gasteiger partial charge in [-0.25, -0.2) is 14.3 Å². The number of amides is 2. The maximum Gasteiger partial charge on any atom is 0.225 e. The van der Waals surface area contributed by atoms with Crippen molar-refractivity contribution in [2.24, 2.45) is 0 Å². The summed E-state index contributed by atoms with van der Waals surface area (Å²) in [4.78, 5) is 34.9. The van der Waals surface area contributed by atoms with Crippen LogP contribution in [0.1, 0.15) is 12.8 Å². The van der Waals surface area contributed by atoms with Crippen LogP contribution in [0.2, 0.25) is 0 Å². The van der Waals surface area contributed by atoms with Crippen molar-refractivity contribution in [1.29, 1.82) is 0 Å². The quantitative estimate of drug-likeness (QED) is 0.157. The van der Waals surface area contributed by atoms with Crippen LogP contribution in [-0.4, -0.2) is 122 Å². The summed E-state index contributed by atoms with van der Waals surface area (Å²) < 4.78 is 14.3. The van der Waals surface area contributed by atoms with E-state index < -0.39 is 0 Å². The lowest BCUT2D eigenvalue weighted by molar-refractivity contribution is -0.117. The Labute approximate surface area is 334 Å². The van der Waals surface area contributed by atoms with Crippen LogP contribution in [0.3, 0.4) is 0 Å². The monoisotopic (exact) mass is 777 g/mol. The van der Waals surface area contributed by atoms with Crippen molar-refractivity contribution in [2.45, 2.75) is 12.8 Å². The fourth-order valence-electron chi connectivity index (χ4n) is 7.26. The van der Waals surface area contributed by atoms with Gasteiger partial charge < -0.3 is 20.1 Å². The van der Waals surface area contributed by atoms with Crippen molar-refractivity contribution >= 4 is 45.0 Å². The van der Waals surface area contributed by atoms with Crippen molar-refractivity contribution in [1.82, 2.24) is 44.8 Å². The molecule has 4 aromatic carbocycles. The number of morpholine rings is 2. The van der Waals surface area contributed by atoms with E-state index in [1.807, 2.05) is 97.3 Å². The largest absolute Gasteiger partial charge is 0.379 e. The molecule has 0 spiro atoms. The van der Waals surface area contributed by atoms with E-state index in [1.54, 1.807) is 9.36 Å². The number of aromatic nitrogens is 7. The third kappa shape index (κ3) is 8.77. The Bertz CT molecular complexity index is 2400. The van der Waals surface area contributed by atoms with E-state index >= 15 is 0 Å². The van der Waals surface area contributed by atoms with Crippen LogP contribution in [0, 0.1) is 0 Å². The molecule has 2 aliphatic rings. The highest BCUT2D eigenvalue weighted by molar-refractivity contribution is 5.95. The van der Waals surface area contributed by atoms with E-state index in [0.29, 0.717) is 75.1 Å². The molecule has 0 bridgehead atoms. The molecule has 2 fully saturated rings. The molecule has 0 radical (unpaired) electrons. The molecule has 0 unspecified atom stereocenters. The Morgan fingerprint density at radius 3 is 1.50 bits per heavy atom. The summed E-state index contributed by atoms with van der Waals surface area (Å²) in [6.45, 7) is 7.68. The molecule has 15 nitrogen and oxygen atoms in total. The number of rotatable bonds is 12. The third-order valence-corrected chi connectivity index (χ3v) is 10.5. The first-order valence-corrected chi connectivity index (χ1v) is 19.6. The number of nitrogens with one attached hydrogen (secondary N) is 2. The van der Waals surface area contributed by atoms with E-state index in [9.17, 15) is 9.59 Å². The van der Waals surface area contributed by atoms with Crippen molar-refractivity contribution in [3.05, 3.63) is 103 Å². The summed E-state index contributed by atoms with van der Waals surface area (Å²) >= 11 is 0. The van der Waals surface area contributed by atoms with Crippen LogP contribution < -0.4 is 10.6 Å². The predicted octanol–water partition coefficient (Wildman–Crippen LogP) is 5.21. The third-order valence-electron chi connectivity index (χ3n) is 10.5. The first kappa shape index (κ1) is 37.2. The van der Waals surface area contributed by atoms with Gasteiger partial charge in [-0.2, -0.15) is 0 Å². The Morgan fingerprint density at radius 1 is 0.569 bits per heavy atom. The summed E-state index contributed by atoms with van der Waals surface area (Å²) in [6, 6.07) is 29.5. The molecule has 2 amide bonds. The Hall–Kier alpha value is -6.39. The standard InChI is InChI=1S/C43H43N11O4/c55-42(11-13-51-15-19-57-20-16-51)44-34-5-1-3-30(24-34)40-28-53(49-47-40)36-9-7-32-23-33-8-10-37(27-39(33)46-38(32)26-36)54-29-41(48-50-54)31-4-2-6-35(25-31)45-43(56)12-14-52-17-21-58-22-18-52/h1-10,23-29H,11-22H2,(H,44,55)(H,45,56). The zero-order valence-corrected chi connectivity index (χ0v) is 32.0. The minimum absolute atomic E-state index is 0.0264. The molecular weight excluding hydrogens is 735 g/mol. The van der Waals surface area contributed by atoms with Crippen LogP contribution in [-0.2, 0) is 19.1 Å². The van der Waals surface area contributed by atoms with E-state index in [0.717, 1.165) is 70.5 Å². The Morgan fingerprint density at radius 2 is 1.03 bits per heavy atom. The van der Waals surface area contributed by atoms with Crippen LogP contribution in [0.25, 0.3) is 55.7 Å². The number of hydrogen-bond acceptors (Lipinski definition) is 11. The zero-order valence-electron chi connectivity index (χ0n) is 32.0. The number of carbonyl (C=O) groups is 2. The van der Waals surface area contributed by atoms with Gasteiger partial charge in [0.25, 0.3) is 0 Å². The van der Waals surface area contributed by atoms with Crippen LogP contribution in [0.5, 0.6) is 0 Å². The molecular formula is C43H43N11O4. The molecule has 2 aliphatic heterocycles. The van der Waals surface area contributed by atoms with Gasteiger partial charge in [-0.05, 0) is 54.6 Å². The minimum Gasteiger partial charge on any atom is -0.379 e. The molecule has 58 heavy (non-hydrogen) atoms. The molecule has 0 atom stereocenters. The number of anilines is 2. The van der Waals surface area contributed by atoms with Crippen molar-refractivity contribution in [3.63, 3.8) is 0 Å². The number of nitrogens with zero attached hydrogens (tertiary/aromatic N) is 9. The van der Waals surface area contributed by atoms with Crippen LogP contribution >= 0.6 is 0 Å². The highest BCUT2D eigenvalue weighted by atomic mass is 16.5. The van der Waals surface area contributed by atoms with Gasteiger partial charge in [0.1, 0.15) is 11.4 Å². The van der Waals surface area contributed by atoms with Crippen LogP contribution in [0.4, 0.5) is 11.4 Å². The molecule has 7 aromatic rings. The molecule has 2 N–H and O–H groups in total. The molecule has 0 saturated carbocycles. The highest BCUT2D eigenvalue weighted by Crippen LogP contribution is 2.27. The van der Waals surface area contributed by atoms with Gasteiger partial charge in [0.2, 0.25) is 11.8 Å². The number of carbonyl (C=O) groups excluding carboxylic acids is 2. The second-order valence-electron chi connectivity index (χ2n) is 14.5. The lowest BCUT2D eigenvalue weighted by atomic mass is 10.1. The molecule has 294 valence electrons. The highest BCUT2D eigenvalue weighted by Gasteiger charge is 2.15. The van der Waals surface area contributed by atoms with Gasteiger partial charge in [-0.1, -0.05) is 46.8 Å². The number of ether oxygens (including phenoxy) is 2. The van der Waals surface area contributed by atoms with E-state index in [-0.39, 0.29) is 11.8 Å². The number of pyridine rings is 1. The first-order chi connectivity index (χ1) is 28.5. The number of fused-ring (bicyclic) bond motifs is 2. The lowest BCUT2D eigenvalue weighted by Crippen LogP contribution is -2.38. The summed E-state index contributed by atoms with van der Waals surface area (Å²) in [5, 5.41) is 25.8. The number of benzene rings is 4. The Balaban J connectivity index is 0.872. The second kappa shape index (κ2) is 17.0. The van der Waals surface area contributed by atoms with Gasteiger partial charge in [0.15, 0.2) is 0 Å². The molecule has 2 saturated heterocycles. The first-order valence-electron chi connectivity index (χ1n) is 19.6. The molecule has 0 aliphatic carbocycles. The average molecular weight is 778 g/mol. The van der Waals surface area contributed by atoms with Gasteiger partial charge >= 0.3 is 0 Å². The smallest absolute Gasteiger partial charge is 0.225 e. The Kier molecular flexibility index (Phi) is 10.9. The van der Waals surface area contributed by atoms with E-state index in [1.165, 1.54) is 0 Å². The van der Waals surface area contributed by atoms with Crippen molar-refractivity contribution in [3.8, 4) is 33.9 Å². The summed E-state index contributed by atoms with van der Waals surface area (Å²) in [5.41, 5.74) is 7.75. The van der Waals surface area contributed by atoms with Gasteiger partial charge in [-0.15, -0.1) is 10.2 Å². The fraction of sp³-hybridized carbons (Fsp3) is 0.279. The van der Waals surface area contributed by atoms with E-state index in [2.05, 4.69) is 47.1 Å². The minimum atomic E-state index is -0.0264. The number of hydrogen-bond donors (Lipinski definition) is 2. The normalized spacial score (nSPS) is 15.2. The van der Waals surface area contributed by atoms with Gasteiger partial charge in [0.05, 0.1) is 61.2 Å². The predicted molar refractivity (Wildman–Crippen MR) is 221 cm³/mol. The summed E-state index contributed by atoms with van der Waals surface area (Å²) in [6.07, 6.45) is 4.59.